The molecule has 0 nitrogen and oxygen atoms in total. The summed E-state index contributed by atoms with van der Waals surface area (Å²) >= 11 is 0. The molecule has 0 bridgehead atoms. The Bertz CT molecular complexity index is 196. The maximum absolute atomic E-state index is 2.47. The van der Waals surface area contributed by atoms with Crippen molar-refractivity contribution in [2.24, 2.45) is 35.5 Å². The van der Waals surface area contributed by atoms with Gasteiger partial charge in [-0.1, -0.05) is 81.1 Å². The Labute approximate surface area is 117 Å². The second-order valence-corrected chi connectivity index (χ2v) is 7.02. The molecule has 0 aliphatic carbocycles. The molecule has 110 valence electrons. The summed E-state index contributed by atoms with van der Waals surface area (Å²) in [7, 11) is 0. The van der Waals surface area contributed by atoms with Crippen molar-refractivity contribution in [3.8, 4) is 0 Å². The zero-order valence-electron chi connectivity index (χ0n) is 14.3. The van der Waals surface area contributed by atoms with E-state index in [-0.39, 0.29) is 0 Å². The normalized spacial score (nSPS) is 22.0. The van der Waals surface area contributed by atoms with Gasteiger partial charge in [0.1, 0.15) is 0 Å². The van der Waals surface area contributed by atoms with Gasteiger partial charge in [-0.25, -0.2) is 0 Å². The summed E-state index contributed by atoms with van der Waals surface area (Å²) in [6, 6.07) is 0. The van der Waals surface area contributed by atoms with Crippen LogP contribution in [0.3, 0.4) is 0 Å². The Hall–Kier alpha value is 0. The summed E-state index contributed by atoms with van der Waals surface area (Å²) in [4.78, 5) is 0. The molecule has 0 aromatic carbocycles. The monoisotopic (exact) mass is 254 g/mol. The second-order valence-electron chi connectivity index (χ2n) is 7.02. The molecule has 0 heterocycles. The topological polar surface area (TPSA) is 0 Å². The van der Waals surface area contributed by atoms with Crippen molar-refractivity contribution >= 4 is 0 Å². The molecule has 0 saturated heterocycles. The van der Waals surface area contributed by atoms with Crippen LogP contribution in [0.15, 0.2) is 0 Å². The van der Waals surface area contributed by atoms with Gasteiger partial charge in [-0.05, 0) is 35.5 Å². The third kappa shape index (κ3) is 5.76. The highest BCUT2D eigenvalue weighted by Gasteiger charge is 2.23. The fourth-order valence-corrected chi connectivity index (χ4v) is 2.88. The van der Waals surface area contributed by atoms with Crippen LogP contribution in [-0.2, 0) is 0 Å². The predicted molar refractivity (Wildman–Crippen MR) is 84.8 cm³/mol. The maximum atomic E-state index is 2.47. The summed E-state index contributed by atoms with van der Waals surface area (Å²) in [5.74, 6) is 5.26. The van der Waals surface area contributed by atoms with Gasteiger partial charge < -0.3 is 0 Å². The highest BCUT2D eigenvalue weighted by molar-refractivity contribution is 4.73. The molecular weight excluding hydrogens is 216 g/mol. The van der Waals surface area contributed by atoms with Crippen LogP contribution in [0.25, 0.3) is 0 Å². The summed E-state index contributed by atoms with van der Waals surface area (Å²) in [5, 5.41) is 0. The lowest BCUT2D eigenvalue weighted by Gasteiger charge is -2.31. The van der Waals surface area contributed by atoms with Crippen LogP contribution in [0.5, 0.6) is 0 Å². The van der Waals surface area contributed by atoms with Gasteiger partial charge in [0, 0.05) is 0 Å². The summed E-state index contributed by atoms with van der Waals surface area (Å²) in [6.45, 7) is 19.3. The minimum absolute atomic E-state index is 0.865. The highest BCUT2D eigenvalue weighted by Crippen LogP contribution is 2.32. The number of hydrogen-bond donors (Lipinski definition) is 0. The zero-order chi connectivity index (χ0) is 14.3. The van der Waals surface area contributed by atoms with Gasteiger partial charge in [-0.2, -0.15) is 0 Å². The van der Waals surface area contributed by atoms with E-state index in [1.54, 1.807) is 0 Å². The lowest BCUT2D eigenvalue weighted by molar-refractivity contribution is 0.188. The van der Waals surface area contributed by atoms with Crippen molar-refractivity contribution in [1.82, 2.24) is 0 Å². The largest absolute Gasteiger partial charge is 0.0651 e. The first-order chi connectivity index (χ1) is 8.34. The molecule has 0 radical (unpaired) electrons. The minimum Gasteiger partial charge on any atom is -0.0651 e. The summed E-state index contributed by atoms with van der Waals surface area (Å²) < 4.78 is 0. The van der Waals surface area contributed by atoms with Crippen LogP contribution in [0.1, 0.15) is 81.1 Å². The fraction of sp³-hybridized carbons (Fsp3) is 1.00. The Morgan fingerprint density at radius 2 is 0.889 bits per heavy atom. The molecular formula is C18H38. The summed E-state index contributed by atoms with van der Waals surface area (Å²) in [6.07, 6.45) is 5.47. The van der Waals surface area contributed by atoms with Gasteiger partial charge >= 0.3 is 0 Å². The van der Waals surface area contributed by atoms with Crippen LogP contribution < -0.4 is 0 Å². The van der Waals surface area contributed by atoms with E-state index in [2.05, 4.69) is 55.4 Å². The van der Waals surface area contributed by atoms with E-state index < -0.39 is 0 Å². The Kier molecular flexibility index (Phi) is 8.99. The van der Waals surface area contributed by atoms with Gasteiger partial charge in [0.05, 0.1) is 0 Å². The highest BCUT2D eigenvalue weighted by atomic mass is 14.3. The molecule has 0 aliphatic heterocycles. The molecule has 0 saturated carbocycles. The van der Waals surface area contributed by atoms with E-state index in [4.69, 9.17) is 0 Å². The number of hydrogen-bond acceptors (Lipinski definition) is 0. The van der Waals surface area contributed by atoms with Crippen molar-refractivity contribution in [3.05, 3.63) is 0 Å². The van der Waals surface area contributed by atoms with Gasteiger partial charge in [-0.3, -0.25) is 0 Å². The predicted octanol–water partition coefficient (Wildman–Crippen LogP) is 6.40. The van der Waals surface area contributed by atoms with E-state index in [0.717, 1.165) is 35.5 Å². The number of rotatable bonds is 9. The Morgan fingerprint density at radius 3 is 1.33 bits per heavy atom. The minimum atomic E-state index is 0.865. The van der Waals surface area contributed by atoms with Crippen molar-refractivity contribution in [2.75, 3.05) is 0 Å². The average molecular weight is 255 g/mol. The quantitative estimate of drug-likeness (QED) is 0.446. The van der Waals surface area contributed by atoms with Crippen LogP contribution in [0, 0.1) is 35.5 Å². The molecule has 6 unspecified atom stereocenters. The Morgan fingerprint density at radius 1 is 0.500 bits per heavy atom. The fourth-order valence-electron chi connectivity index (χ4n) is 2.88. The maximum Gasteiger partial charge on any atom is -0.0389 e. The van der Waals surface area contributed by atoms with Gasteiger partial charge in [-0.15, -0.1) is 0 Å². The van der Waals surface area contributed by atoms with Gasteiger partial charge in [0.25, 0.3) is 0 Å². The molecule has 6 atom stereocenters. The van der Waals surface area contributed by atoms with Gasteiger partial charge in [0.15, 0.2) is 0 Å². The molecule has 0 aromatic heterocycles. The van der Waals surface area contributed by atoms with E-state index in [1.807, 2.05) is 0 Å². The third-order valence-electron chi connectivity index (χ3n) is 5.96. The molecule has 0 aliphatic rings. The molecule has 0 heteroatoms. The van der Waals surface area contributed by atoms with Crippen molar-refractivity contribution in [1.29, 1.82) is 0 Å². The first kappa shape index (κ1) is 18.0. The third-order valence-corrected chi connectivity index (χ3v) is 5.96. The standard InChI is InChI=1S/C18H38/c1-9-13(3)15(5)11-12-16(6)18(8)17(7)14(4)10-2/h13-18H,9-12H2,1-8H3. The van der Waals surface area contributed by atoms with E-state index in [1.165, 1.54) is 25.7 Å². The van der Waals surface area contributed by atoms with Crippen LogP contribution in [0.2, 0.25) is 0 Å². The van der Waals surface area contributed by atoms with Crippen molar-refractivity contribution in [2.45, 2.75) is 81.1 Å². The Balaban J connectivity index is 4.12. The van der Waals surface area contributed by atoms with E-state index in [9.17, 15) is 0 Å². The average Bonchev–Trinajstić information content (AvgIpc) is 2.40. The molecule has 18 heavy (non-hydrogen) atoms. The molecule has 0 fully saturated rings. The first-order valence-corrected chi connectivity index (χ1v) is 8.34. The van der Waals surface area contributed by atoms with Crippen molar-refractivity contribution in [3.63, 3.8) is 0 Å². The van der Waals surface area contributed by atoms with Crippen LogP contribution >= 0.6 is 0 Å². The van der Waals surface area contributed by atoms with Gasteiger partial charge in [0.2, 0.25) is 0 Å². The molecule has 0 amide bonds. The molecule has 0 rings (SSSR count). The molecule has 0 aromatic rings. The lowest BCUT2D eigenvalue weighted by Crippen LogP contribution is -2.22. The van der Waals surface area contributed by atoms with E-state index >= 15 is 0 Å². The van der Waals surface area contributed by atoms with E-state index in [0.29, 0.717) is 0 Å². The van der Waals surface area contributed by atoms with Crippen LogP contribution in [-0.4, -0.2) is 0 Å². The SMILES string of the molecule is CCC(C)C(C)CCC(C)C(C)C(C)C(C)CC. The smallest absolute Gasteiger partial charge is 0.0389 e. The second kappa shape index (κ2) is 8.99. The molecule has 0 spiro atoms. The lowest BCUT2D eigenvalue weighted by atomic mass is 9.75. The van der Waals surface area contributed by atoms with Crippen molar-refractivity contribution < 1.29 is 0 Å². The zero-order valence-corrected chi connectivity index (χ0v) is 14.3. The van der Waals surface area contributed by atoms with Crippen LogP contribution in [0.4, 0.5) is 0 Å². The molecule has 0 N–H and O–H groups in total. The summed E-state index contributed by atoms with van der Waals surface area (Å²) in [5.41, 5.74) is 0. The first-order valence-electron chi connectivity index (χ1n) is 8.34.